The molecule has 0 saturated carbocycles. The lowest BCUT2D eigenvalue weighted by atomic mass is 10.2. The van der Waals surface area contributed by atoms with Gasteiger partial charge in [0.2, 0.25) is 0 Å². The van der Waals surface area contributed by atoms with Gasteiger partial charge in [0.1, 0.15) is 4.88 Å². The summed E-state index contributed by atoms with van der Waals surface area (Å²) in [5.41, 5.74) is 6.57. The van der Waals surface area contributed by atoms with Gasteiger partial charge in [0.05, 0.1) is 10.7 Å². The summed E-state index contributed by atoms with van der Waals surface area (Å²) in [6.45, 7) is 0.847. The number of thiophene rings is 1. The smallest absolute Gasteiger partial charge is 0.265 e. The van der Waals surface area contributed by atoms with Crippen molar-refractivity contribution in [3.63, 3.8) is 0 Å². The Morgan fingerprint density at radius 1 is 1.38 bits per heavy atom. The molecule has 1 aromatic heterocycles. The third kappa shape index (κ3) is 3.48. The lowest BCUT2D eigenvalue weighted by Gasteiger charge is -2.16. The third-order valence-corrected chi connectivity index (χ3v) is 4.87. The number of carbonyl (C=O) groups is 1. The zero-order valence-corrected chi connectivity index (χ0v) is 13.5. The van der Waals surface area contributed by atoms with Gasteiger partial charge in [-0.1, -0.05) is 17.7 Å². The van der Waals surface area contributed by atoms with Gasteiger partial charge < -0.3 is 15.7 Å². The Morgan fingerprint density at radius 2 is 2.14 bits per heavy atom. The van der Waals surface area contributed by atoms with E-state index in [-0.39, 0.29) is 12.5 Å². The first-order valence-electron chi connectivity index (χ1n) is 6.89. The number of aliphatic hydroxyl groups excluding tert-OH is 1. The predicted molar refractivity (Wildman–Crippen MR) is 89.1 cm³/mol. The van der Waals surface area contributed by atoms with E-state index in [1.54, 1.807) is 18.0 Å². The van der Waals surface area contributed by atoms with E-state index in [9.17, 15) is 4.79 Å². The Morgan fingerprint density at radius 3 is 2.81 bits per heavy atom. The molecule has 4 nitrogen and oxygen atoms in total. The summed E-state index contributed by atoms with van der Waals surface area (Å²) in [6.07, 6.45) is 2.54. The highest BCUT2D eigenvalue weighted by molar-refractivity contribution is 7.21. The number of amides is 1. The number of aliphatic hydroxyl groups is 1. The van der Waals surface area contributed by atoms with Crippen LogP contribution in [0, 0.1) is 0 Å². The van der Waals surface area contributed by atoms with Crippen molar-refractivity contribution in [3.05, 3.63) is 28.1 Å². The SMILES string of the molecule is CN(CCCCCO)C(=O)c1sc2cccc(Cl)c2c1N. The molecule has 6 heteroatoms. The molecule has 0 saturated heterocycles. The van der Waals surface area contributed by atoms with Crippen molar-refractivity contribution in [3.8, 4) is 0 Å². The summed E-state index contributed by atoms with van der Waals surface area (Å²) >= 11 is 7.53. The maximum absolute atomic E-state index is 12.5. The number of hydrogen-bond donors (Lipinski definition) is 2. The minimum absolute atomic E-state index is 0.0752. The van der Waals surface area contributed by atoms with E-state index in [0.717, 1.165) is 29.3 Å². The van der Waals surface area contributed by atoms with Crippen LogP contribution in [0.1, 0.15) is 28.9 Å². The topological polar surface area (TPSA) is 66.6 Å². The van der Waals surface area contributed by atoms with E-state index >= 15 is 0 Å². The second kappa shape index (κ2) is 7.11. The summed E-state index contributed by atoms with van der Waals surface area (Å²) in [7, 11) is 1.77. The van der Waals surface area contributed by atoms with Crippen LogP contribution in [0.4, 0.5) is 5.69 Å². The van der Waals surface area contributed by atoms with E-state index in [1.165, 1.54) is 11.3 Å². The molecular formula is C15H19ClN2O2S. The highest BCUT2D eigenvalue weighted by atomic mass is 35.5. The van der Waals surface area contributed by atoms with E-state index < -0.39 is 0 Å². The first-order valence-corrected chi connectivity index (χ1v) is 8.08. The van der Waals surface area contributed by atoms with Crippen molar-refractivity contribution >= 4 is 44.6 Å². The van der Waals surface area contributed by atoms with Crippen LogP contribution in [0.5, 0.6) is 0 Å². The molecule has 0 radical (unpaired) electrons. The van der Waals surface area contributed by atoms with Gasteiger partial charge in [-0.2, -0.15) is 0 Å². The predicted octanol–water partition coefficient (Wildman–Crippen LogP) is 3.37. The maximum atomic E-state index is 12.5. The zero-order valence-electron chi connectivity index (χ0n) is 11.9. The molecule has 0 atom stereocenters. The van der Waals surface area contributed by atoms with Gasteiger partial charge in [-0.15, -0.1) is 11.3 Å². The fraction of sp³-hybridized carbons (Fsp3) is 0.400. The van der Waals surface area contributed by atoms with Gasteiger partial charge in [-0.05, 0) is 31.4 Å². The fourth-order valence-corrected chi connectivity index (χ4v) is 3.68. The van der Waals surface area contributed by atoms with Gasteiger partial charge in [0.25, 0.3) is 5.91 Å². The highest BCUT2D eigenvalue weighted by Gasteiger charge is 2.20. The molecule has 21 heavy (non-hydrogen) atoms. The number of benzene rings is 1. The number of fused-ring (bicyclic) bond motifs is 1. The third-order valence-electron chi connectivity index (χ3n) is 3.39. The Bertz CT molecular complexity index is 642. The fourth-order valence-electron chi connectivity index (χ4n) is 2.20. The molecule has 0 aliphatic carbocycles. The van der Waals surface area contributed by atoms with E-state index in [4.69, 9.17) is 22.4 Å². The molecule has 2 aromatic rings. The number of hydrogen-bond acceptors (Lipinski definition) is 4. The van der Waals surface area contributed by atoms with Crippen LogP contribution >= 0.6 is 22.9 Å². The van der Waals surface area contributed by atoms with Gasteiger partial charge in [-0.25, -0.2) is 0 Å². The molecular weight excluding hydrogens is 308 g/mol. The summed E-state index contributed by atoms with van der Waals surface area (Å²) < 4.78 is 0.928. The largest absolute Gasteiger partial charge is 0.397 e. The minimum atomic E-state index is -0.0752. The van der Waals surface area contributed by atoms with Crippen molar-refractivity contribution in [2.75, 3.05) is 25.9 Å². The monoisotopic (exact) mass is 326 g/mol. The molecule has 0 aliphatic rings. The van der Waals surface area contributed by atoms with Crippen LogP contribution < -0.4 is 5.73 Å². The van der Waals surface area contributed by atoms with Crippen molar-refractivity contribution in [1.82, 2.24) is 4.90 Å². The van der Waals surface area contributed by atoms with Crippen LogP contribution in [0.3, 0.4) is 0 Å². The number of nitrogen functional groups attached to an aromatic ring is 1. The van der Waals surface area contributed by atoms with Gasteiger partial charge in [-0.3, -0.25) is 4.79 Å². The summed E-state index contributed by atoms with van der Waals surface area (Å²) in [6, 6.07) is 5.55. The van der Waals surface area contributed by atoms with E-state index in [0.29, 0.717) is 22.1 Å². The molecule has 0 aliphatic heterocycles. The van der Waals surface area contributed by atoms with Crippen LogP contribution in [-0.4, -0.2) is 36.1 Å². The first kappa shape index (κ1) is 16.1. The summed E-state index contributed by atoms with van der Waals surface area (Å²) in [4.78, 5) is 14.7. The summed E-state index contributed by atoms with van der Waals surface area (Å²) in [5, 5.41) is 10.1. The van der Waals surface area contributed by atoms with E-state index in [1.807, 2.05) is 12.1 Å². The van der Waals surface area contributed by atoms with E-state index in [2.05, 4.69) is 0 Å². The molecule has 1 amide bonds. The number of unbranched alkanes of at least 4 members (excludes halogenated alkanes) is 2. The average molecular weight is 327 g/mol. The van der Waals surface area contributed by atoms with Crippen molar-refractivity contribution in [1.29, 1.82) is 0 Å². The molecule has 1 aromatic carbocycles. The quantitative estimate of drug-likeness (QED) is 0.800. The number of anilines is 1. The van der Waals surface area contributed by atoms with Gasteiger partial charge in [0.15, 0.2) is 0 Å². The molecule has 2 rings (SSSR count). The Kier molecular flexibility index (Phi) is 5.45. The second-order valence-electron chi connectivity index (χ2n) is 4.97. The number of halogens is 1. The number of nitrogens with two attached hydrogens (primary N) is 1. The highest BCUT2D eigenvalue weighted by Crippen LogP contribution is 2.38. The molecule has 114 valence electrons. The van der Waals surface area contributed by atoms with Crippen LogP contribution in [0.2, 0.25) is 5.02 Å². The summed E-state index contributed by atoms with van der Waals surface area (Å²) in [5.74, 6) is -0.0752. The van der Waals surface area contributed by atoms with Crippen molar-refractivity contribution in [2.24, 2.45) is 0 Å². The number of carbonyl (C=O) groups excluding carboxylic acids is 1. The minimum Gasteiger partial charge on any atom is -0.397 e. The van der Waals surface area contributed by atoms with Crippen molar-refractivity contribution < 1.29 is 9.90 Å². The molecule has 0 fully saturated rings. The maximum Gasteiger partial charge on any atom is 0.265 e. The lowest BCUT2D eigenvalue weighted by molar-refractivity contribution is 0.0798. The lowest BCUT2D eigenvalue weighted by Crippen LogP contribution is -2.27. The molecule has 0 bridgehead atoms. The Hall–Kier alpha value is -1.30. The van der Waals surface area contributed by atoms with Crippen LogP contribution in [0.15, 0.2) is 18.2 Å². The van der Waals surface area contributed by atoms with Crippen LogP contribution in [0.25, 0.3) is 10.1 Å². The Labute approximate surface area is 133 Å². The molecule has 0 unspecified atom stereocenters. The normalized spacial score (nSPS) is 11.0. The Balaban J connectivity index is 2.16. The van der Waals surface area contributed by atoms with Crippen molar-refractivity contribution in [2.45, 2.75) is 19.3 Å². The standard InChI is InChI=1S/C15H19ClN2O2S/c1-18(8-3-2-4-9-19)15(20)14-13(17)12-10(16)6-5-7-11(12)21-14/h5-7,19H,2-4,8-9,17H2,1H3. The number of nitrogens with zero attached hydrogens (tertiary/aromatic N) is 1. The number of rotatable bonds is 6. The molecule has 1 heterocycles. The molecule has 0 spiro atoms. The zero-order chi connectivity index (χ0) is 15.4. The average Bonchev–Trinajstić information content (AvgIpc) is 2.81. The van der Waals surface area contributed by atoms with Gasteiger partial charge >= 0.3 is 0 Å². The molecule has 3 N–H and O–H groups in total. The van der Waals surface area contributed by atoms with Crippen LogP contribution in [-0.2, 0) is 0 Å². The first-order chi connectivity index (χ1) is 10.1. The second-order valence-corrected chi connectivity index (χ2v) is 6.43. The van der Waals surface area contributed by atoms with Gasteiger partial charge in [0, 0.05) is 30.3 Å².